The van der Waals surface area contributed by atoms with Crippen LogP contribution in [0.5, 0.6) is 0 Å². The van der Waals surface area contributed by atoms with Gasteiger partial charge in [0.2, 0.25) is 5.91 Å². The van der Waals surface area contributed by atoms with E-state index in [1.54, 1.807) is 11.3 Å². The molecule has 2 aliphatic rings. The number of allylic oxidation sites excluding steroid dienone is 1. The molecule has 0 spiro atoms. The molecule has 0 bridgehead atoms. The standard InChI is InChI=1S/C21H22N2O2S/c1-2-7-19(25)23-16-10-4-3-8-14(16)22-15-9-5-11-17(24)20(15)21(23)18-12-6-13-26-18/h3-4,6,8-10,12-13,20-22H,2,5,7,11H2,1H3/t20-,21+/m1/s1. The van der Waals surface area contributed by atoms with Crippen LogP contribution >= 0.6 is 11.3 Å². The first-order chi connectivity index (χ1) is 12.7. The Kier molecular flexibility index (Phi) is 4.64. The maximum Gasteiger partial charge on any atom is 0.227 e. The molecule has 2 atom stereocenters. The fourth-order valence-electron chi connectivity index (χ4n) is 3.92. The molecule has 2 aromatic rings. The van der Waals surface area contributed by atoms with E-state index in [0.29, 0.717) is 12.8 Å². The zero-order chi connectivity index (χ0) is 18.1. The minimum absolute atomic E-state index is 0.0692. The van der Waals surface area contributed by atoms with Crippen molar-refractivity contribution in [1.29, 1.82) is 0 Å². The number of Topliss-reactive ketones (excluding diaryl/α,β-unsaturated/α-hetero) is 1. The van der Waals surface area contributed by atoms with Crippen molar-refractivity contribution in [3.8, 4) is 0 Å². The summed E-state index contributed by atoms with van der Waals surface area (Å²) in [5.41, 5.74) is 2.67. The van der Waals surface area contributed by atoms with Crippen molar-refractivity contribution in [1.82, 2.24) is 0 Å². The average Bonchev–Trinajstić information content (AvgIpc) is 3.11. The Bertz CT molecular complexity index is 857. The predicted octanol–water partition coefficient (Wildman–Crippen LogP) is 4.91. The number of benzene rings is 1. The first-order valence-electron chi connectivity index (χ1n) is 9.15. The summed E-state index contributed by atoms with van der Waals surface area (Å²) in [6, 6.07) is 11.6. The molecule has 1 N–H and O–H groups in total. The molecule has 134 valence electrons. The van der Waals surface area contributed by atoms with Crippen LogP contribution in [0.15, 0.2) is 53.6 Å². The van der Waals surface area contributed by atoms with Crippen LogP contribution in [0, 0.1) is 5.92 Å². The third-order valence-electron chi connectivity index (χ3n) is 5.04. The molecule has 1 amide bonds. The molecular weight excluding hydrogens is 344 g/mol. The van der Waals surface area contributed by atoms with E-state index in [-0.39, 0.29) is 23.7 Å². The van der Waals surface area contributed by atoms with Crippen molar-refractivity contribution in [2.45, 2.75) is 38.6 Å². The van der Waals surface area contributed by atoms with Crippen LogP contribution in [-0.2, 0) is 9.59 Å². The molecule has 2 heterocycles. The van der Waals surface area contributed by atoms with E-state index in [9.17, 15) is 9.59 Å². The average molecular weight is 366 g/mol. The van der Waals surface area contributed by atoms with Gasteiger partial charge >= 0.3 is 0 Å². The second-order valence-electron chi connectivity index (χ2n) is 6.76. The molecule has 0 saturated heterocycles. The molecule has 26 heavy (non-hydrogen) atoms. The van der Waals surface area contributed by atoms with Gasteiger partial charge in [-0.3, -0.25) is 9.59 Å². The zero-order valence-electron chi connectivity index (χ0n) is 14.8. The van der Waals surface area contributed by atoms with Crippen LogP contribution < -0.4 is 10.2 Å². The Hall–Kier alpha value is -2.40. The van der Waals surface area contributed by atoms with Crippen molar-refractivity contribution < 1.29 is 9.59 Å². The maximum absolute atomic E-state index is 13.2. The number of ketones is 1. The number of hydrogen-bond acceptors (Lipinski definition) is 4. The lowest BCUT2D eigenvalue weighted by molar-refractivity contribution is -0.123. The summed E-state index contributed by atoms with van der Waals surface area (Å²) in [5.74, 6) is -0.0640. The molecule has 0 saturated carbocycles. The van der Waals surface area contributed by atoms with Gasteiger partial charge in [-0.05, 0) is 36.4 Å². The van der Waals surface area contributed by atoms with E-state index >= 15 is 0 Å². The number of anilines is 2. The maximum atomic E-state index is 13.2. The number of rotatable bonds is 3. The van der Waals surface area contributed by atoms with Gasteiger partial charge < -0.3 is 10.2 Å². The number of fused-ring (bicyclic) bond motifs is 2. The Morgan fingerprint density at radius 1 is 1.27 bits per heavy atom. The Labute approximate surface area is 157 Å². The molecule has 4 nitrogen and oxygen atoms in total. The largest absolute Gasteiger partial charge is 0.357 e. The first kappa shape index (κ1) is 17.0. The highest BCUT2D eigenvalue weighted by Crippen LogP contribution is 2.47. The number of hydrogen-bond donors (Lipinski definition) is 1. The number of thiophene rings is 1. The molecule has 1 aromatic carbocycles. The topological polar surface area (TPSA) is 49.4 Å². The van der Waals surface area contributed by atoms with Crippen LogP contribution in [-0.4, -0.2) is 11.7 Å². The zero-order valence-corrected chi connectivity index (χ0v) is 15.6. The minimum atomic E-state index is -0.337. The Morgan fingerprint density at radius 3 is 2.88 bits per heavy atom. The molecule has 5 heteroatoms. The second-order valence-corrected chi connectivity index (χ2v) is 7.74. The quantitative estimate of drug-likeness (QED) is 0.839. The van der Waals surface area contributed by atoms with Gasteiger partial charge in [0.15, 0.2) is 0 Å². The Balaban J connectivity index is 1.94. The number of nitrogens with one attached hydrogen (secondary N) is 1. The van der Waals surface area contributed by atoms with Gasteiger partial charge in [-0.1, -0.05) is 31.2 Å². The highest BCUT2D eigenvalue weighted by atomic mass is 32.1. The summed E-state index contributed by atoms with van der Waals surface area (Å²) >= 11 is 1.61. The summed E-state index contributed by atoms with van der Waals surface area (Å²) in [7, 11) is 0. The van der Waals surface area contributed by atoms with Crippen molar-refractivity contribution >= 4 is 34.4 Å². The van der Waals surface area contributed by atoms with Gasteiger partial charge in [0.25, 0.3) is 0 Å². The summed E-state index contributed by atoms with van der Waals surface area (Å²) in [5, 5.41) is 5.47. The van der Waals surface area contributed by atoms with E-state index in [1.165, 1.54) is 0 Å². The first-order valence-corrected chi connectivity index (χ1v) is 10.0. The number of carbonyl (C=O) groups is 2. The van der Waals surface area contributed by atoms with Gasteiger partial charge in [-0.2, -0.15) is 0 Å². The smallest absolute Gasteiger partial charge is 0.227 e. The van der Waals surface area contributed by atoms with Gasteiger partial charge in [0, 0.05) is 23.4 Å². The fourth-order valence-corrected chi connectivity index (χ4v) is 4.77. The molecule has 4 rings (SSSR count). The molecular formula is C21H22N2O2S. The third kappa shape index (κ3) is 2.86. The van der Waals surface area contributed by atoms with Gasteiger partial charge in [-0.15, -0.1) is 11.3 Å². The summed E-state index contributed by atoms with van der Waals surface area (Å²) < 4.78 is 0. The van der Waals surface area contributed by atoms with Crippen molar-refractivity contribution in [2.24, 2.45) is 5.92 Å². The normalized spacial score (nSPS) is 22.0. The highest BCUT2D eigenvalue weighted by Gasteiger charge is 2.43. The summed E-state index contributed by atoms with van der Waals surface area (Å²) in [6.07, 6.45) is 4.65. The summed E-state index contributed by atoms with van der Waals surface area (Å²) in [6.45, 7) is 2.01. The van der Waals surface area contributed by atoms with Gasteiger partial charge in [-0.25, -0.2) is 0 Å². The molecule has 0 radical (unpaired) electrons. The van der Waals surface area contributed by atoms with E-state index in [4.69, 9.17) is 0 Å². The van der Waals surface area contributed by atoms with Crippen molar-refractivity contribution in [3.05, 3.63) is 58.4 Å². The van der Waals surface area contributed by atoms with Crippen LogP contribution in [0.2, 0.25) is 0 Å². The number of nitrogens with zero attached hydrogens (tertiary/aromatic N) is 1. The van der Waals surface area contributed by atoms with E-state index in [1.807, 2.05) is 53.6 Å². The van der Waals surface area contributed by atoms with Crippen molar-refractivity contribution in [2.75, 3.05) is 10.2 Å². The molecule has 0 fully saturated rings. The number of carbonyl (C=O) groups excluding carboxylic acids is 2. The lowest BCUT2D eigenvalue weighted by Gasteiger charge is -2.35. The van der Waals surface area contributed by atoms with Crippen LogP contribution in [0.4, 0.5) is 11.4 Å². The lowest BCUT2D eigenvalue weighted by Crippen LogP contribution is -2.41. The summed E-state index contributed by atoms with van der Waals surface area (Å²) in [4.78, 5) is 29.0. The molecule has 0 unspecified atom stereocenters. The van der Waals surface area contributed by atoms with Gasteiger partial charge in [0.1, 0.15) is 5.78 Å². The van der Waals surface area contributed by atoms with Crippen LogP contribution in [0.1, 0.15) is 43.5 Å². The van der Waals surface area contributed by atoms with E-state index in [2.05, 4.69) is 11.4 Å². The highest BCUT2D eigenvalue weighted by molar-refractivity contribution is 7.10. The van der Waals surface area contributed by atoms with E-state index < -0.39 is 0 Å². The fraction of sp³-hybridized carbons (Fsp3) is 0.333. The monoisotopic (exact) mass is 366 g/mol. The van der Waals surface area contributed by atoms with Crippen LogP contribution in [0.3, 0.4) is 0 Å². The van der Waals surface area contributed by atoms with Gasteiger partial charge in [0.05, 0.1) is 23.3 Å². The SMILES string of the molecule is CCCC(=O)N1c2ccccc2NC2=CCCC(=O)[C@@H]2[C@@H]1c1cccs1. The lowest BCUT2D eigenvalue weighted by atomic mass is 9.83. The number of para-hydroxylation sites is 2. The minimum Gasteiger partial charge on any atom is -0.357 e. The van der Waals surface area contributed by atoms with E-state index in [0.717, 1.165) is 34.8 Å². The molecule has 1 aromatic heterocycles. The second kappa shape index (κ2) is 7.08. The Morgan fingerprint density at radius 2 is 2.12 bits per heavy atom. The third-order valence-corrected chi connectivity index (χ3v) is 5.98. The predicted molar refractivity (Wildman–Crippen MR) is 105 cm³/mol. The van der Waals surface area contributed by atoms with Crippen LogP contribution in [0.25, 0.3) is 0 Å². The van der Waals surface area contributed by atoms with Crippen molar-refractivity contribution in [3.63, 3.8) is 0 Å². The molecule has 1 aliphatic heterocycles. The molecule has 1 aliphatic carbocycles. The number of amides is 1.